The lowest BCUT2D eigenvalue weighted by Gasteiger charge is -2.08. The van der Waals surface area contributed by atoms with Gasteiger partial charge in [0, 0.05) is 22.2 Å². The van der Waals surface area contributed by atoms with E-state index in [4.69, 9.17) is 11.6 Å². The molecule has 25 heavy (non-hydrogen) atoms. The summed E-state index contributed by atoms with van der Waals surface area (Å²) >= 11 is 5.85. The van der Waals surface area contributed by atoms with E-state index >= 15 is 0 Å². The molecule has 2 amide bonds. The highest BCUT2D eigenvalue weighted by Gasteiger charge is 2.09. The smallest absolute Gasteiger partial charge is 0.271 e. The van der Waals surface area contributed by atoms with Gasteiger partial charge in [0.15, 0.2) is 0 Å². The van der Waals surface area contributed by atoms with Crippen LogP contribution in [0.4, 0.5) is 5.69 Å². The van der Waals surface area contributed by atoms with Gasteiger partial charge in [-0.2, -0.15) is 5.10 Å². The molecule has 2 rings (SSSR count). The molecule has 0 spiro atoms. The molecule has 0 aromatic heterocycles. The fourth-order valence-electron chi connectivity index (χ4n) is 1.95. The molecule has 130 valence electrons. The molecule has 0 saturated carbocycles. The maximum Gasteiger partial charge on any atom is 0.271 e. The van der Waals surface area contributed by atoms with Crippen LogP contribution in [0.15, 0.2) is 53.6 Å². The Morgan fingerprint density at radius 1 is 0.960 bits per heavy atom. The van der Waals surface area contributed by atoms with Gasteiger partial charge >= 0.3 is 0 Å². The molecule has 2 aromatic rings. The minimum Gasteiger partial charge on any atom is -0.326 e. The number of nitrogens with zero attached hydrogens (tertiary/aromatic N) is 1. The van der Waals surface area contributed by atoms with E-state index in [1.54, 1.807) is 43.3 Å². The van der Waals surface area contributed by atoms with Crippen molar-refractivity contribution in [2.75, 3.05) is 5.32 Å². The number of nitrogens with one attached hydrogen (secondary N) is 2. The Labute approximate surface area is 152 Å². The number of anilines is 1. The molecule has 0 saturated heterocycles. The van der Waals surface area contributed by atoms with Crippen molar-refractivity contribution in [1.29, 1.82) is 0 Å². The van der Waals surface area contributed by atoms with Crippen LogP contribution < -0.4 is 10.7 Å². The summed E-state index contributed by atoms with van der Waals surface area (Å²) in [6.07, 6.45) is 0. The van der Waals surface area contributed by atoms with Crippen LogP contribution in [-0.2, 0) is 4.79 Å². The summed E-state index contributed by atoms with van der Waals surface area (Å²) < 4.78 is 0. The highest BCUT2D eigenvalue weighted by atomic mass is 35.5. The molecule has 0 atom stereocenters. The van der Waals surface area contributed by atoms with Gasteiger partial charge in [0.1, 0.15) is 0 Å². The lowest BCUT2D eigenvalue weighted by molar-refractivity contribution is -0.118. The van der Waals surface area contributed by atoms with Gasteiger partial charge in [0.05, 0.1) is 5.71 Å². The third kappa shape index (κ3) is 5.43. The van der Waals surface area contributed by atoms with E-state index in [1.165, 1.54) is 0 Å². The molecule has 6 heteroatoms. The Morgan fingerprint density at radius 2 is 1.52 bits per heavy atom. The number of rotatable bonds is 5. The fourth-order valence-corrected chi connectivity index (χ4v) is 2.07. The predicted molar refractivity (Wildman–Crippen MR) is 101 cm³/mol. The number of hydrogen-bond acceptors (Lipinski definition) is 3. The lowest BCUT2D eigenvalue weighted by Crippen LogP contribution is -2.20. The van der Waals surface area contributed by atoms with Crippen LogP contribution in [0.3, 0.4) is 0 Å². The Kier molecular flexibility index (Phi) is 6.31. The third-order valence-electron chi connectivity index (χ3n) is 3.53. The Hall–Kier alpha value is -2.66. The molecule has 2 N–H and O–H groups in total. The summed E-state index contributed by atoms with van der Waals surface area (Å²) in [6.45, 7) is 5.43. The first kappa shape index (κ1) is 18.7. The maximum absolute atomic E-state index is 12.1. The van der Waals surface area contributed by atoms with Crippen LogP contribution in [0.1, 0.15) is 36.7 Å². The number of halogens is 1. The van der Waals surface area contributed by atoms with E-state index < -0.39 is 0 Å². The van der Waals surface area contributed by atoms with E-state index in [-0.39, 0.29) is 17.7 Å². The van der Waals surface area contributed by atoms with Crippen molar-refractivity contribution in [3.8, 4) is 0 Å². The van der Waals surface area contributed by atoms with Crippen molar-refractivity contribution in [1.82, 2.24) is 5.43 Å². The summed E-state index contributed by atoms with van der Waals surface area (Å²) in [6, 6.07) is 13.8. The second-order valence-electron chi connectivity index (χ2n) is 5.87. The number of carbonyl (C=O) groups is 2. The molecule has 0 aliphatic carbocycles. The molecule has 2 aromatic carbocycles. The molecule has 0 aliphatic rings. The van der Waals surface area contributed by atoms with Crippen LogP contribution in [-0.4, -0.2) is 17.5 Å². The van der Waals surface area contributed by atoms with Gasteiger partial charge < -0.3 is 5.32 Å². The average molecular weight is 358 g/mol. The highest BCUT2D eigenvalue weighted by molar-refractivity contribution is 6.30. The van der Waals surface area contributed by atoms with Gasteiger partial charge in [0.25, 0.3) is 5.91 Å². The number of benzene rings is 2. The van der Waals surface area contributed by atoms with Crippen LogP contribution in [0.5, 0.6) is 0 Å². The second-order valence-corrected chi connectivity index (χ2v) is 6.30. The number of amides is 2. The zero-order valence-electron chi connectivity index (χ0n) is 14.3. The van der Waals surface area contributed by atoms with Crippen molar-refractivity contribution in [3.63, 3.8) is 0 Å². The van der Waals surface area contributed by atoms with E-state index in [2.05, 4.69) is 15.8 Å². The zero-order chi connectivity index (χ0) is 18.4. The number of hydrazone groups is 1. The minimum absolute atomic E-state index is 0.0691. The van der Waals surface area contributed by atoms with Crippen LogP contribution in [0.25, 0.3) is 0 Å². The van der Waals surface area contributed by atoms with Gasteiger partial charge in [-0.15, -0.1) is 0 Å². The first-order valence-corrected chi connectivity index (χ1v) is 8.26. The van der Waals surface area contributed by atoms with Crippen molar-refractivity contribution >= 4 is 34.8 Å². The SMILES string of the molecule is CC(=NNC(=O)c1ccc(NC(=O)C(C)C)cc1)c1ccc(Cl)cc1. The molecule has 0 radical (unpaired) electrons. The van der Waals surface area contributed by atoms with Gasteiger partial charge in [0.2, 0.25) is 5.91 Å². The van der Waals surface area contributed by atoms with E-state index in [1.807, 2.05) is 26.0 Å². The van der Waals surface area contributed by atoms with Gasteiger partial charge in [-0.25, -0.2) is 5.43 Å². The largest absolute Gasteiger partial charge is 0.326 e. The summed E-state index contributed by atoms with van der Waals surface area (Å²) in [5, 5.41) is 7.52. The molecule has 0 fully saturated rings. The van der Waals surface area contributed by atoms with Crippen molar-refractivity contribution in [3.05, 3.63) is 64.7 Å². The first-order chi connectivity index (χ1) is 11.9. The van der Waals surface area contributed by atoms with Crippen molar-refractivity contribution in [2.45, 2.75) is 20.8 Å². The molecular formula is C19H20ClN3O2. The number of hydrogen-bond donors (Lipinski definition) is 2. The molecule has 5 nitrogen and oxygen atoms in total. The summed E-state index contributed by atoms with van der Waals surface area (Å²) in [7, 11) is 0. The van der Waals surface area contributed by atoms with Gasteiger partial charge in [-0.3, -0.25) is 9.59 Å². The van der Waals surface area contributed by atoms with Crippen molar-refractivity contribution in [2.24, 2.45) is 11.0 Å². The molecule has 0 unspecified atom stereocenters. The fraction of sp³-hybridized carbons (Fsp3) is 0.211. The monoisotopic (exact) mass is 357 g/mol. The summed E-state index contributed by atoms with van der Waals surface area (Å²) in [5.74, 6) is -0.497. The Balaban J connectivity index is 1.99. The van der Waals surface area contributed by atoms with Crippen LogP contribution >= 0.6 is 11.6 Å². The lowest BCUT2D eigenvalue weighted by atomic mass is 10.1. The summed E-state index contributed by atoms with van der Waals surface area (Å²) in [5.41, 5.74) is 5.17. The Bertz CT molecular complexity index is 781. The molecule has 0 bridgehead atoms. The van der Waals surface area contributed by atoms with E-state index in [9.17, 15) is 9.59 Å². The maximum atomic E-state index is 12.1. The predicted octanol–water partition coefficient (Wildman–Crippen LogP) is 4.09. The quantitative estimate of drug-likeness (QED) is 0.625. The summed E-state index contributed by atoms with van der Waals surface area (Å²) in [4.78, 5) is 23.8. The topological polar surface area (TPSA) is 70.6 Å². The van der Waals surface area contributed by atoms with Crippen molar-refractivity contribution < 1.29 is 9.59 Å². The minimum atomic E-state index is -0.324. The van der Waals surface area contributed by atoms with E-state index in [0.717, 1.165) is 5.56 Å². The van der Waals surface area contributed by atoms with E-state index in [0.29, 0.717) is 22.0 Å². The third-order valence-corrected chi connectivity index (χ3v) is 3.78. The molecule has 0 heterocycles. The second kappa shape index (κ2) is 8.44. The number of carbonyl (C=O) groups excluding carboxylic acids is 2. The average Bonchev–Trinajstić information content (AvgIpc) is 2.60. The standard InChI is InChI=1S/C19H20ClN3O2/c1-12(2)18(24)21-17-10-6-15(7-11-17)19(25)23-22-13(3)14-4-8-16(20)9-5-14/h4-12H,1-3H3,(H,21,24)(H,23,25). The van der Waals surface area contributed by atoms with Crippen LogP contribution in [0, 0.1) is 5.92 Å². The Morgan fingerprint density at radius 3 is 2.08 bits per heavy atom. The zero-order valence-corrected chi connectivity index (χ0v) is 15.1. The highest BCUT2D eigenvalue weighted by Crippen LogP contribution is 2.12. The normalized spacial score (nSPS) is 11.3. The first-order valence-electron chi connectivity index (χ1n) is 7.88. The molecule has 0 aliphatic heterocycles. The molecular weight excluding hydrogens is 338 g/mol. The van der Waals surface area contributed by atoms with Gasteiger partial charge in [-0.05, 0) is 48.9 Å². The van der Waals surface area contributed by atoms with Crippen LogP contribution in [0.2, 0.25) is 5.02 Å². The van der Waals surface area contributed by atoms with Gasteiger partial charge in [-0.1, -0.05) is 37.6 Å².